The maximum Gasteiger partial charge on any atom is 0.123 e. The highest BCUT2D eigenvalue weighted by molar-refractivity contribution is 7.80. The quantitative estimate of drug-likeness (QED) is 0.851. The molecule has 108 valence electrons. The minimum Gasteiger partial charge on any atom is -0.488 e. The van der Waals surface area contributed by atoms with Gasteiger partial charge in [-0.15, -0.1) is 0 Å². The largest absolute Gasteiger partial charge is 0.488 e. The van der Waals surface area contributed by atoms with Gasteiger partial charge in [-0.05, 0) is 18.6 Å². The lowest BCUT2D eigenvalue weighted by Crippen LogP contribution is -2.50. The van der Waals surface area contributed by atoms with Crippen LogP contribution >= 0.6 is 12.2 Å². The van der Waals surface area contributed by atoms with E-state index in [4.69, 9.17) is 27.4 Å². The molecule has 1 aromatic rings. The van der Waals surface area contributed by atoms with E-state index in [9.17, 15) is 0 Å². The number of hydrogen-bond acceptors (Lipinski definition) is 4. The average molecular weight is 292 g/mol. The van der Waals surface area contributed by atoms with Gasteiger partial charge in [0, 0.05) is 26.1 Å². The van der Waals surface area contributed by atoms with Crippen molar-refractivity contribution in [2.24, 2.45) is 5.73 Å². The maximum atomic E-state index is 6.01. The van der Waals surface area contributed by atoms with Crippen LogP contribution in [0.5, 0.6) is 5.75 Å². The molecule has 4 nitrogen and oxygen atoms in total. The first-order chi connectivity index (χ1) is 9.61. The second-order valence-corrected chi connectivity index (χ2v) is 6.05. The summed E-state index contributed by atoms with van der Waals surface area (Å²) < 4.78 is 11.6. The Kier molecular flexibility index (Phi) is 3.92. The molecule has 0 aromatic heterocycles. The molecule has 0 spiro atoms. The van der Waals surface area contributed by atoms with Crippen LogP contribution in [0, 0.1) is 6.92 Å². The highest BCUT2D eigenvalue weighted by Gasteiger charge is 2.28. The predicted molar refractivity (Wildman–Crippen MR) is 82.3 cm³/mol. The molecule has 0 bridgehead atoms. The summed E-state index contributed by atoms with van der Waals surface area (Å²) in [6.45, 7) is 5.37. The standard InChI is InChI=1S/C15H20N2O2S/c1-10-2-3-13-11(6-10)7-12(19-13)8-17-4-5-18-14(9-17)15(16)20/h2-3,6,12,14H,4-5,7-9H2,1H3,(H2,16,20). The zero-order valence-electron chi connectivity index (χ0n) is 11.7. The summed E-state index contributed by atoms with van der Waals surface area (Å²) in [6, 6.07) is 6.38. The van der Waals surface area contributed by atoms with E-state index in [1.807, 2.05) is 0 Å². The van der Waals surface area contributed by atoms with E-state index in [2.05, 4.69) is 30.0 Å². The summed E-state index contributed by atoms with van der Waals surface area (Å²) in [4.78, 5) is 2.78. The first kappa shape index (κ1) is 13.8. The van der Waals surface area contributed by atoms with Crippen molar-refractivity contribution in [1.29, 1.82) is 0 Å². The van der Waals surface area contributed by atoms with Gasteiger partial charge in [-0.2, -0.15) is 0 Å². The van der Waals surface area contributed by atoms with E-state index in [-0.39, 0.29) is 12.2 Å². The minimum absolute atomic E-state index is 0.121. The van der Waals surface area contributed by atoms with Crippen molar-refractivity contribution in [2.45, 2.75) is 25.6 Å². The van der Waals surface area contributed by atoms with Crippen molar-refractivity contribution >= 4 is 17.2 Å². The van der Waals surface area contributed by atoms with Gasteiger partial charge in [0.05, 0.1) is 6.61 Å². The van der Waals surface area contributed by atoms with Crippen LogP contribution in [0.15, 0.2) is 18.2 Å². The topological polar surface area (TPSA) is 47.7 Å². The summed E-state index contributed by atoms with van der Waals surface area (Å²) >= 11 is 5.02. The van der Waals surface area contributed by atoms with Crippen molar-refractivity contribution in [3.8, 4) is 5.75 Å². The van der Waals surface area contributed by atoms with Gasteiger partial charge in [0.1, 0.15) is 22.9 Å². The second-order valence-electron chi connectivity index (χ2n) is 5.58. The van der Waals surface area contributed by atoms with Crippen molar-refractivity contribution < 1.29 is 9.47 Å². The lowest BCUT2D eigenvalue weighted by molar-refractivity contribution is -0.00452. The molecule has 0 radical (unpaired) electrons. The van der Waals surface area contributed by atoms with E-state index < -0.39 is 0 Å². The Morgan fingerprint density at radius 2 is 2.35 bits per heavy atom. The van der Waals surface area contributed by atoms with Crippen LogP contribution in [0.2, 0.25) is 0 Å². The van der Waals surface area contributed by atoms with Crippen LogP contribution in [-0.2, 0) is 11.2 Å². The summed E-state index contributed by atoms with van der Waals surface area (Å²) in [5, 5.41) is 0. The number of aryl methyl sites for hydroxylation is 1. The minimum atomic E-state index is -0.121. The van der Waals surface area contributed by atoms with E-state index in [1.165, 1.54) is 11.1 Å². The van der Waals surface area contributed by atoms with Crippen LogP contribution in [0.1, 0.15) is 11.1 Å². The van der Waals surface area contributed by atoms with Gasteiger partial charge in [-0.3, -0.25) is 4.90 Å². The van der Waals surface area contributed by atoms with E-state index >= 15 is 0 Å². The fourth-order valence-electron chi connectivity index (χ4n) is 2.88. The molecule has 20 heavy (non-hydrogen) atoms. The van der Waals surface area contributed by atoms with Gasteiger partial charge in [-0.25, -0.2) is 0 Å². The molecular weight excluding hydrogens is 272 g/mol. The number of hydrogen-bond donors (Lipinski definition) is 1. The average Bonchev–Trinajstić information content (AvgIpc) is 2.80. The lowest BCUT2D eigenvalue weighted by atomic mass is 10.1. The van der Waals surface area contributed by atoms with Crippen molar-refractivity contribution in [3.63, 3.8) is 0 Å². The smallest absolute Gasteiger partial charge is 0.123 e. The Morgan fingerprint density at radius 3 is 3.15 bits per heavy atom. The Hall–Kier alpha value is -1.17. The van der Waals surface area contributed by atoms with E-state index in [0.29, 0.717) is 11.6 Å². The Balaban J connectivity index is 1.59. The zero-order chi connectivity index (χ0) is 14.1. The van der Waals surface area contributed by atoms with Crippen molar-refractivity contribution in [2.75, 3.05) is 26.2 Å². The molecule has 0 saturated carbocycles. The van der Waals surface area contributed by atoms with Gasteiger partial charge in [0.2, 0.25) is 0 Å². The van der Waals surface area contributed by atoms with Gasteiger partial charge >= 0.3 is 0 Å². The highest BCUT2D eigenvalue weighted by Crippen LogP contribution is 2.30. The normalized spacial score (nSPS) is 26.1. The van der Waals surface area contributed by atoms with Gasteiger partial charge in [0.15, 0.2) is 0 Å². The molecule has 2 unspecified atom stereocenters. The SMILES string of the molecule is Cc1ccc2c(c1)CC(CN1CCOC(C(N)=S)C1)O2. The third-order valence-electron chi connectivity index (χ3n) is 3.89. The Bertz CT molecular complexity index is 521. The predicted octanol–water partition coefficient (Wildman–Crippen LogP) is 1.29. The molecule has 2 N–H and O–H groups in total. The molecule has 2 atom stereocenters. The van der Waals surface area contributed by atoms with Crippen LogP contribution < -0.4 is 10.5 Å². The molecule has 3 rings (SSSR count). The summed E-state index contributed by atoms with van der Waals surface area (Å²) in [6.07, 6.45) is 1.08. The Morgan fingerprint density at radius 1 is 1.50 bits per heavy atom. The molecule has 2 heterocycles. The number of thiocarbonyl (C=S) groups is 1. The summed E-state index contributed by atoms with van der Waals surface area (Å²) in [7, 11) is 0. The van der Waals surface area contributed by atoms with Crippen molar-refractivity contribution in [3.05, 3.63) is 29.3 Å². The first-order valence-electron chi connectivity index (χ1n) is 7.01. The molecule has 2 aliphatic rings. The Labute approximate surface area is 124 Å². The number of ether oxygens (including phenoxy) is 2. The van der Waals surface area contributed by atoms with E-state index in [1.54, 1.807) is 0 Å². The zero-order valence-corrected chi connectivity index (χ0v) is 12.5. The molecule has 1 saturated heterocycles. The number of fused-ring (bicyclic) bond motifs is 1. The second kappa shape index (κ2) is 5.68. The number of nitrogens with two attached hydrogens (primary N) is 1. The molecule has 1 fully saturated rings. The maximum absolute atomic E-state index is 6.01. The number of benzene rings is 1. The fraction of sp³-hybridized carbons (Fsp3) is 0.533. The number of morpholine rings is 1. The highest BCUT2D eigenvalue weighted by atomic mass is 32.1. The lowest BCUT2D eigenvalue weighted by Gasteiger charge is -2.33. The van der Waals surface area contributed by atoms with Crippen molar-refractivity contribution in [1.82, 2.24) is 4.90 Å². The number of rotatable bonds is 3. The molecule has 5 heteroatoms. The van der Waals surface area contributed by atoms with Crippen LogP contribution in [0.4, 0.5) is 0 Å². The van der Waals surface area contributed by atoms with E-state index in [0.717, 1.165) is 31.8 Å². The molecule has 1 aromatic carbocycles. The molecule has 0 amide bonds. The monoisotopic (exact) mass is 292 g/mol. The fourth-order valence-corrected chi connectivity index (χ4v) is 3.02. The van der Waals surface area contributed by atoms with Gasteiger partial charge in [0.25, 0.3) is 0 Å². The van der Waals surface area contributed by atoms with Crippen LogP contribution in [0.3, 0.4) is 0 Å². The molecule has 2 aliphatic heterocycles. The third-order valence-corrected chi connectivity index (χ3v) is 4.15. The first-order valence-corrected chi connectivity index (χ1v) is 7.42. The number of nitrogens with zero attached hydrogens (tertiary/aromatic N) is 1. The third kappa shape index (κ3) is 2.95. The van der Waals surface area contributed by atoms with Crippen LogP contribution in [-0.4, -0.2) is 48.3 Å². The van der Waals surface area contributed by atoms with Crippen LogP contribution in [0.25, 0.3) is 0 Å². The van der Waals surface area contributed by atoms with Gasteiger partial charge in [-0.1, -0.05) is 29.9 Å². The molecular formula is C15H20N2O2S. The molecule has 0 aliphatic carbocycles. The summed E-state index contributed by atoms with van der Waals surface area (Å²) in [5.41, 5.74) is 8.27. The summed E-state index contributed by atoms with van der Waals surface area (Å²) in [5.74, 6) is 1.03. The van der Waals surface area contributed by atoms with Gasteiger partial charge < -0.3 is 15.2 Å².